The van der Waals surface area contributed by atoms with Gasteiger partial charge in [-0.3, -0.25) is 4.79 Å². The van der Waals surface area contributed by atoms with Crippen molar-refractivity contribution < 1.29 is 33.4 Å². The number of nitrogens with one attached hydrogen (secondary N) is 1. The lowest BCUT2D eigenvalue weighted by atomic mass is 10.00. The van der Waals surface area contributed by atoms with Gasteiger partial charge in [0.1, 0.15) is 24.9 Å². The summed E-state index contributed by atoms with van der Waals surface area (Å²) in [4.78, 5) is 15.3. The molecule has 2 aromatic carbocycles. The molecule has 2 aliphatic rings. The number of ether oxygens (including phenoxy) is 2. The van der Waals surface area contributed by atoms with E-state index in [4.69, 9.17) is 25.5 Å². The smallest absolute Gasteiger partial charge is 0.277 e. The van der Waals surface area contributed by atoms with Crippen molar-refractivity contribution in [1.82, 2.24) is 10.2 Å². The van der Waals surface area contributed by atoms with Crippen molar-refractivity contribution in [1.29, 1.82) is 0 Å². The number of carbonyl (C=O) groups is 1. The van der Waals surface area contributed by atoms with E-state index < -0.39 is 23.9 Å². The van der Waals surface area contributed by atoms with Gasteiger partial charge < -0.3 is 34.4 Å². The number of nitrogens with zero attached hydrogens (tertiary/aromatic N) is 2. The molecule has 2 atom stereocenters. The number of furan rings is 1. The van der Waals surface area contributed by atoms with Crippen LogP contribution in [0, 0.1) is 5.82 Å². The zero-order chi connectivity index (χ0) is 25.2. The zero-order valence-electron chi connectivity index (χ0n) is 19.2. The SMILES string of the molecule is O=C(N[C@H](CN1CCCC1)[C@H](O)c1cc(F)c2c(c1)OCCO2)/C(=N/O)c1cc2cc(Cl)ccc2o1. The summed E-state index contributed by atoms with van der Waals surface area (Å²) in [5.74, 6) is -1.20. The number of benzene rings is 2. The summed E-state index contributed by atoms with van der Waals surface area (Å²) in [5.41, 5.74) is 0.320. The van der Waals surface area contributed by atoms with Crippen molar-refractivity contribution in [2.75, 3.05) is 32.8 Å². The van der Waals surface area contributed by atoms with Crippen LogP contribution >= 0.6 is 11.6 Å². The van der Waals surface area contributed by atoms with E-state index >= 15 is 0 Å². The normalized spacial score (nSPS) is 17.8. The van der Waals surface area contributed by atoms with Gasteiger partial charge in [-0.25, -0.2) is 4.39 Å². The molecule has 1 saturated heterocycles. The molecule has 11 heteroatoms. The topological polar surface area (TPSA) is 117 Å². The van der Waals surface area contributed by atoms with Gasteiger partial charge in [-0.15, -0.1) is 0 Å². The van der Waals surface area contributed by atoms with Gasteiger partial charge in [0.05, 0.1) is 6.04 Å². The molecule has 1 amide bonds. The van der Waals surface area contributed by atoms with Gasteiger partial charge in [0, 0.05) is 17.0 Å². The summed E-state index contributed by atoms with van der Waals surface area (Å²) in [7, 11) is 0. The Morgan fingerprint density at radius 2 is 1.94 bits per heavy atom. The van der Waals surface area contributed by atoms with Crippen molar-refractivity contribution >= 4 is 34.2 Å². The van der Waals surface area contributed by atoms with Crippen LogP contribution in [-0.4, -0.2) is 65.7 Å². The van der Waals surface area contributed by atoms with Gasteiger partial charge in [0.2, 0.25) is 5.71 Å². The highest BCUT2D eigenvalue weighted by Gasteiger charge is 2.31. The van der Waals surface area contributed by atoms with Crippen LogP contribution in [0.1, 0.15) is 30.3 Å². The lowest BCUT2D eigenvalue weighted by Crippen LogP contribution is -2.48. The Morgan fingerprint density at radius 3 is 2.72 bits per heavy atom. The maximum atomic E-state index is 14.7. The number of carbonyl (C=O) groups excluding carboxylic acids is 1. The van der Waals surface area contributed by atoms with Crippen LogP contribution in [0.15, 0.2) is 46.0 Å². The van der Waals surface area contributed by atoms with Crippen LogP contribution in [-0.2, 0) is 4.79 Å². The molecular formula is C25H25ClFN3O6. The number of amides is 1. The summed E-state index contributed by atoms with van der Waals surface area (Å²) in [5, 5.41) is 27.9. The van der Waals surface area contributed by atoms with Gasteiger partial charge in [0.25, 0.3) is 5.91 Å². The third-order valence-electron chi connectivity index (χ3n) is 6.34. The second-order valence-corrected chi connectivity index (χ2v) is 9.24. The van der Waals surface area contributed by atoms with E-state index in [0.29, 0.717) is 22.5 Å². The number of likely N-dealkylation sites (tertiary alicyclic amines) is 1. The second-order valence-electron chi connectivity index (χ2n) is 8.80. The highest BCUT2D eigenvalue weighted by atomic mass is 35.5. The number of hydrogen-bond acceptors (Lipinski definition) is 8. The first kappa shape index (κ1) is 24.4. The fourth-order valence-electron chi connectivity index (χ4n) is 4.58. The summed E-state index contributed by atoms with van der Waals surface area (Å²) >= 11 is 6.03. The molecule has 9 nitrogen and oxygen atoms in total. The van der Waals surface area contributed by atoms with Crippen molar-refractivity contribution in [3.05, 3.63) is 58.6 Å². The third-order valence-corrected chi connectivity index (χ3v) is 6.57. The molecule has 1 aromatic heterocycles. The van der Waals surface area contributed by atoms with E-state index in [2.05, 4.69) is 15.4 Å². The molecule has 0 radical (unpaired) electrons. The maximum absolute atomic E-state index is 14.7. The molecule has 3 N–H and O–H groups in total. The Morgan fingerprint density at radius 1 is 1.17 bits per heavy atom. The van der Waals surface area contributed by atoms with E-state index in [1.54, 1.807) is 18.2 Å². The fraction of sp³-hybridized carbons (Fsp3) is 0.360. The van der Waals surface area contributed by atoms with Crippen LogP contribution in [0.3, 0.4) is 0 Å². The van der Waals surface area contributed by atoms with Crippen molar-refractivity contribution in [3.63, 3.8) is 0 Å². The molecule has 0 bridgehead atoms. The van der Waals surface area contributed by atoms with E-state index in [9.17, 15) is 19.5 Å². The van der Waals surface area contributed by atoms with Crippen molar-refractivity contribution in [2.45, 2.75) is 25.0 Å². The Bertz CT molecular complexity index is 1310. The Labute approximate surface area is 211 Å². The first-order valence-electron chi connectivity index (χ1n) is 11.6. The summed E-state index contributed by atoms with van der Waals surface area (Å²) in [6, 6.07) is 8.31. The Hall–Kier alpha value is -3.34. The lowest BCUT2D eigenvalue weighted by molar-refractivity contribution is -0.116. The monoisotopic (exact) mass is 517 g/mol. The highest BCUT2D eigenvalue weighted by Crippen LogP contribution is 2.36. The minimum Gasteiger partial charge on any atom is -0.486 e. The quantitative estimate of drug-likeness (QED) is 0.249. The van der Waals surface area contributed by atoms with Gasteiger partial charge in [-0.05, 0) is 67.9 Å². The molecule has 0 spiro atoms. The first-order chi connectivity index (χ1) is 17.4. The number of aliphatic hydroxyl groups is 1. The molecule has 3 heterocycles. The molecule has 0 aliphatic carbocycles. The summed E-state index contributed by atoms with van der Waals surface area (Å²) in [6.07, 6.45) is 0.718. The number of fused-ring (bicyclic) bond motifs is 2. The first-order valence-corrected chi connectivity index (χ1v) is 12.0. The number of aliphatic hydroxyl groups excluding tert-OH is 1. The van der Waals surface area contributed by atoms with Gasteiger partial charge in [-0.1, -0.05) is 16.8 Å². The van der Waals surface area contributed by atoms with Crippen LogP contribution in [0.4, 0.5) is 4.39 Å². The van der Waals surface area contributed by atoms with E-state index in [0.717, 1.165) is 25.9 Å². The highest BCUT2D eigenvalue weighted by molar-refractivity contribution is 6.44. The second kappa shape index (κ2) is 10.3. The minimum absolute atomic E-state index is 0.00276. The van der Waals surface area contributed by atoms with Crippen molar-refractivity contribution in [3.8, 4) is 11.5 Å². The summed E-state index contributed by atoms with van der Waals surface area (Å²) < 4.78 is 31.2. The van der Waals surface area contributed by atoms with Gasteiger partial charge in [0.15, 0.2) is 23.1 Å². The number of oxime groups is 1. The van der Waals surface area contributed by atoms with Crippen LogP contribution in [0.2, 0.25) is 5.02 Å². The minimum atomic E-state index is -1.28. The van der Waals surface area contributed by atoms with Gasteiger partial charge in [-0.2, -0.15) is 0 Å². The van der Waals surface area contributed by atoms with E-state index in [-0.39, 0.29) is 41.7 Å². The fourth-order valence-corrected chi connectivity index (χ4v) is 4.76. The molecule has 3 aromatic rings. The predicted octanol–water partition coefficient (Wildman–Crippen LogP) is 3.49. The zero-order valence-corrected chi connectivity index (χ0v) is 20.0. The third kappa shape index (κ3) is 4.97. The molecular weight excluding hydrogens is 493 g/mol. The largest absolute Gasteiger partial charge is 0.486 e. The average molecular weight is 518 g/mol. The maximum Gasteiger partial charge on any atom is 0.277 e. The number of rotatable bonds is 7. The molecule has 0 saturated carbocycles. The summed E-state index contributed by atoms with van der Waals surface area (Å²) in [6.45, 7) is 2.41. The average Bonchev–Trinajstić information content (AvgIpc) is 3.53. The Balaban J connectivity index is 1.41. The van der Waals surface area contributed by atoms with E-state index in [1.807, 2.05) is 0 Å². The van der Waals surface area contributed by atoms with Crippen LogP contribution in [0.5, 0.6) is 11.5 Å². The molecule has 2 aliphatic heterocycles. The molecule has 5 rings (SSSR count). The number of halogens is 2. The van der Waals surface area contributed by atoms with Crippen molar-refractivity contribution in [2.24, 2.45) is 5.16 Å². The Kier molecular flexibility index (Phi) is 6.99. The number of hydrogen-bond donors (Lipinski definition) is 3. The molecule has 36 heavy (non-hydrogen) atoms. The predicted molar refractivity (Wildman–Crippen MR) is 130 cm³/mol. The van der Waals surface area contributed by atoms with Crippen LogP contribution < -0.4 is 14.8 Å². The van der Waals surface area contributed by atoms with Gasteiger partial charge >= 0.3 is 0 Å². The van der Waals surface area contributed by atoms with Crippen LogP contribution in [0.25, 0.3) is 11.0 Å². The standard InChI is InChI=1S/C25H25ClFN3O6/c26-16-3-4-19-14(9-16)11-20(36-19)22(29-33)25(32)28-18(13-30-5-1-2-6-30)23(31)15-10-17(27)24-21(12-15)34-7-8-35-24/h3-4,9-12,18,23,31,33H,1-2,5-8,13H2,(H,28,32)/b29-22+/t18-,23-/m1/s1. The molecule has 1 fully saturated rings. The lowest BCUT2D eigenvalue weighted by Gasteiger charge is -2.29. The molecule has 0 unspecified atom stereocenters. The molecule has 190 valence electrons. The van der Waals surface area contributed by atoms with E-state index in [1.165, 1.54) is 18.2 Å².